The van der Waals surface area contributed by atoms with E-state index in [0.29, 0.717) is 11.6 Å². The Hall–Kier alpha value is -2.41. The Labute approximate surface area is 121 Å². The number of ether oxygens (including phenoxy) is 1. The topological polar surface area (TPSA) is 90.4 Å². The van der Waals surface area contributed by atoms with Crippen LogP contribution in [0.2, 0.25) is 0 Å². The van der Waals surface area contributed by atoms with Gasteiger partial charge in [-0.3, -0.25) is 10.1 Å². The zero-order chi connectivity index (χ0) is 14.8. The molecule has 1 aromatic carbocycles. The van der Waals surface area contributed by atoms with Crippen LogP contribution in [0, 0.1) is 10.1 Å². The van der Waals surface area contributed by atoms with Gasteiger partial charge in [0, 0.05) is 12.1 Å². The molecule has 110 valence electrons. The van der Waals surface area contributed by atoms with Crippen LogP contribution in [0.1, 0.15) is 30.1 Å². The summed E-state index contributed by atoms with van der Waals surface area (Å²) in [6.45, 7) is 0.0284. The van der Waals surface area contributed by atoms with Crippen molar-refractivity contribution in [3.63, 3.8) is 0 Å². The lowest BCUT2D eigenvalue weighted by molar-refractivity contribution is -0.386. The van der Waals surface area contributed by atoms with Crippen molar-refractivity contribution in [3.05, 3.63) is 52.1 Å². The summed E-state index contributed by atoms with van der Waals surface area (Å²) in [7, 11) is 0. The number of aromatic nitrogens is 2. The molecule has 0 saturated heterocycles. The van der Waals surface area contributed by atoms with E-state index in [9.17, 15) is 10.1 Å². The lowest BCUT2D eigenvalue weighted by atomic mass is 10.2. The molecule has 1 aliphatic rings. The van der Waals surface area contributed by atoms with Gasteiger partial charge >= 0.3 is 5.69 Å². The number of nitro groups is 1. The maximum atomic E-state index is 11.0. The first-order valence-electron chi connectivity index (χ1n) is 6.70. The molecular weight excluding hydrogens is 274 g/mol. The van der Waals surface area contributed by atoms with Crippen LogP contribution in [0.3, 0.4) is 0 Å². The van der Waals surface area contributed by atoms with E-state index in [1.165, 1.54) is 18.2 Å². The quantitative estimate of drug-likeness (QED) is 0.650. The third-order valence-electron chi connectivity index (χ3n) is 3.47. The first-order valence-corrected chi connectivity index (χ1v) is 6.70. The number of imidazole rings is 1. The minimum Gasteiger partial charge on any atom is -0.480 e. The van der Waals surface area contributed by atoms with Gasteiger partial charge in [-0.1, -0.05) is 0 Å². The summed E-state index contributed by atoms with van der Waals surface area (Å²) in [5.41, 5.74) is 1.36. The van der Waals surface area contributed by atoms with Crippen LogP contribution in [-0.4, -0.2) is 19.6 Å². The zero-order valence-corrected chi connectivity index (χ0v) is 11.3. The maximum Gasteiger partial charge on any atom is 0.310 e. The van der Waals surface area contributed by atoms with Crippen molar-refractivity contribution in [1.29, 1.82) is 0 Å². The van der Waals surface area contributed by atoms with Gasteiger partial charge in [-0.25, -0.2) is 4.98 Å². The highest BCUT2D eigenvalue weighted by molar-refractivity contribution is 5.48. The van der Waals surface area contributed by atoms with Crippen molar-refractivity contribution in [2.24, 2.45) is 0 Å². The van der Waals surface area contributed by atoms with Gasteiger partial charge in [0.1, 0.15) is 6.61 Å². The third-order valence-corrected chi connectivity index (χ3v) is 3.47. The van der Waals surface area contributed by atoms with Gasteiger partial charge in [0.05, 0.1) is 29.7 Å². The summed E-state index contributed by atoms with van der Waals surface area (Å²) in [5.74, 6) is 0.162. The van der Waals surface area contributed by atoms with Crippen LogP contribution >= 0.6 is 0 Å². The summed E-state index contributed by atoms with van der Waals surface area (Å²) >= 11 is 0. The molecule has 1 aromatic heterocycles. The second kappa shape index (κ2) is 5.53. The lowest BCUT2D eigenvalue weighted by Gasteiger charge is -2.10. The summed E-state index contributed by atoms with van der Waals surface area (Å²) in [4.78, 5) is 14.6. The van der Waals surface area contributed by atoms with E-state index < -0.39 is 4.92 Å². The Morgan fingerprint density at radius 2 is 2.29 bits per heavy atom. The van der Waals surface area contributed by atoms with Gasteiger partial charge in [0.15, 0.2) is 5.75 Å². The molecule has 1 fully saturated rings. The number of rotatable bonds is 6. The summed E-state index contributed by atoms with van der Waals surface area (Å²) in [6.07, 6.45) is 5.72. The van der Waals surface area contributed by atoms with Crippen LogP contribution in [-0.2, 0) is 13.2 Å². The zero-order valence-electron chi connectivity index (χ0n) is 11.3. The number of nitro benzene ring substituents is 1. The molecule has 3 rings (SSSR count). The Bertz CT molecular complexity index is 664. The Morgan fingerprint density at radius 1 is 1.48 bits per heavy atom. The molecule has 7 nitrogen and oxygen atoms in total. The third kappa shape index (κ3) is 2.87. The highest BCUT2D eigenvalue weighted by Crippen LogP contribution is 2.36. The molecule has 1 N–H and O–H groups in total. The molecule has 0 bridgehead atoms. The highest BCUT2D eigenvalue weighted by Gasteiger charge is 2.25. The van der Waals surface area contributed by atoms with Gasteiger partial charge in [-0.2, -0.15) is 0 Å². The minimum absolute atomic E-state index is 0.107. The molecule has 1 aliphatic carbocycles. The summed E-state index contributed by atoms with van der Waals surface area (Å²) < 4.78 is 7.63. The Balaban J connectivity index is 1.80. The van der Waals surface area contributed by atoms with Crippen molar-refractivity contribution in [2.75, 3.05) is 0 Å². The lowest BCUT2D eigenvalue weighted by Crippen LogP contribution is -2.05. The highest BCUT2D eigenvalue weighted by atomic mass is 16.6. The molecular formula is C14H15N3O4. The number of benzene rings is 1. The van der Waals surface area contributed by atoms with Gasteiger partial charge in [-0.05, 0) is 30.5 Å². The van der Waals surface area contributed by atoms with Gasteiger partial charge < -0.3 is 14.4 Å². The minimum atomic E-state index is -0.491. The van der Waals surface area contributed by atoms with Crippen LogP contribution < -0.4 is 4.74 Å². The number of aliphatic hydroxyl groups excluding tert-OH is 1. The molecule has 0 aliphatic heterocycles. The normalized spacial score (nSPS) is 14.1. The molecule has 0 unspecified atom stereocenters. The van der Waals surface area contributed by atoms with E-state index >= 15 is 0 Å². The van der Waals surface area contributed by atoms with Gasteiger partial charge in [-0.15, -0.1) is 0 Å². The average molecular weight is 289 g/mol. The molecule has 0 spiro atoms. The number of hydrogen-bond acceptors (Lipinski definition) is 5. The molecule has 1 heterocycles. The van der Waals surface area contributed by atoms with Crippen molar-refractivity contribution >= 4 is 5.69 Å². The molecule has 21 heavy (non-hydrogen) atoms. The number of nitrogens with zero attached hydrogens (tertiary/aromatic N) is 3. The smallest absolute Gasteiger partial charge is 0.310 e. The van der Waals surface area contributed by atoms with Crippen molar-refractivity contribution in [1.82, 2.24) is 9.55 Å². The average Bonchev–Trinajstić information content (AvgIpc) is 3.23. The van der Waals surface area contributed by atoms with E-state index in [1.54, 1.807) is 12.5 Å². The van der Waals surface area contributed by atoms with Crippen LogP contribution in [0.5, 0.6) is 5.75 Å². The van der Waals surface area contributed by atoms with E-state index in [4.69, 9.17) is 9.84 Å². The summed E-state index contributed by atoms with van der Waals surface area (Å²) in [5, 5.41) is 20.1. The molecule has 7 heteroatoms. The van der Waals surface area contributed by atoms with Crippen molar-refractivity contribution in [3.8, 4) is 5.75 Å². The monoisotopic (exact) mass is 289 g/mol. The van der Waals surface area contributed by atoms with Crippen LogP contribution in [0.15, 0.2) is 30.7 Å². The fourth-order valence-corrected chi connectivity index (χ4v) is 2.20. The Kier molecular flexibility index (Phi) is 3.57. The van der Waals surface area contributed by atoms with E-state index in [1.807, 2.05) is 4.57 Å². The van der Waals surface area contributed by atoms with Crippen LogP contribution in [0.25, 0.3) is 0 Å². The van der Waals surface area contributed by atoms with E-state index in [0.717, 1.165) is 18.5 Å². The molecule has 1 saturated carbocycles. The van der Waals surface area contributed by atoms with E-state index in [2.05, 4.69) is 4.98 Å². The fourth-order valence-electron chi connectivity index (χ4n) is 2.20. The fraction of sp³-hybridized carbons (Fsp3) is 0.357. The predicted molar refractivity (Wildman–Crippen MR) is 73.8 cm³/mol. The van der Waals surface area contributed by atoms with Crippen LogP contribution in [0.4, 0.5) is 5.69 Å². The van der Waals surface area contributed by atoms with E-state index in [-0.39, 0.29) is 24.7 Å². The standard InChI is InChI=1S/C14H15N3O4/c18-7-10-1-4-13(17(19)20)14(5-10)21-8-12-6-15-9-16(12)11-2-3-11/h1,4-6,9,11,18H,2-3,7-8H2. The largest absolute Gasteiger partial charge is 0.480 e. The second-order valence-corrected chi connectivity index (χ2v) is 5.03. The van der Waals surface area contributed by atoms with Crippen molar-refractivity contribution in [2.45, 2.75) is 32.1 Å². The second-order valence-electron chi connectivity index (χ2n) is 5.03. The van der Waals surface area contributed by atoms with Crippen molar-refractivity contribution < 1.29 is 14.8 Å². The number of aliphatic hydroxyl groups is 1. The van der Waals surface area contributed by atoms with Gasteiger partial charge in [0.25, 0.3) is 0 Å². The molecule has 0 radical (unpaired) electrons. The first-order chi connectivity index (χ1) is 10.2. The number of hydrogen-bond donors (Lipinski definition) is 1. The predicted octanol–water partition coefficient (Wildman–Crippen LogP) is 2.20. The molecule has 0 atom stereocenters. The Morgan fingerprint density at radius 3 is 2.95 bits per heavy atom. The maximum absolute atomic E-state index is 11.0. The first kappa shape index (κ1) is 13.6. The SMILES string of the molecule is O=[N+]([O-])c1ccc(CO)cc1OCc1cncn1C1CC1. The molecule has 0 amide bonds. The van der Waals surface area contributed by atoms with Gasteiger partial charge in [0.2, 0.25) is 0 Å². The molecule has 2 aromatic rings. The summed E-state index contributed by atoms with van der Waals surface area (Å²) in [6, 6.07) is 4.83.